The van der Waals surface area contributed by atoms with Crippen LogP contribution in [0.1, 0.15) is 79.2 Å². The first kappa shape index (κ1) is 24.1. The van der Waals surface area contributed by atoms with Gasteiger partial charge >= 0.3 is 18.2 Å². The Kier molecular flexibility index (Phi) is 6.33. The van der Waals surface area contributed by atoms with Gasteiger partial charge in [0.2, 0.25) is 0 Å². The Morgan fingerprint density at radius 2 is 1.72 bits per heavy atom. The number of rotatable bonds is 7. The third-order valence-corrected chi connectivity index (χ3v) is 6.22. The van der Waals surface area contributed by atoms with Gasteiger partial charge in [-0.3, -0.25) is 0 Å². The number of cyclic esters (lactones) is 1. The highest BCUT2D eigenvalue weighted by molar-refractivity contribution is 6.02. The Morgan fingerprint density at radius 3 is 2.31 bits per heavy atom. The van der Waals surface area contributed by atoms with Crippen molar-refractivity contribution in [2.75, 3.05) is 6.61 Å². The average Bonchev–Trinajstić information content (AvgIpc) is 3.39. The molecule has 1 aromatic rings. The van der Waals surface area contributed by atoms with Crippen LogP contribution in [-0.2, 0) is 24.4 Å². The van der Waals surface area contributed by atoms with Crippen LogP contribution in [0.2, 0.25) is 0 Å². The number of carbonyl (C=O) groups is 3. The number of imide groups is 1. The molecule has 1 aromatic carbocycles. The Hall–Kier alpha value is -2.57. The molecule has 0 N–H and O–H groups in total. The molecule has 1 aliphatic carbocycles. The lowest BCUT2D eigenvalue weighted by molar-refractivity contribution is -0.165. The molecule has 2 fully saturated rings. The van der Waals surface area contributed by atoms with Crippen molar-refractivity contribution in [1.29, 1.82) is 0 Å². The lowest BCUT2D eigenvalue weighted by atomic mass is 9.89. The highest BCUT2D eigenvalue weighted by Crippen LogP contribution is 2.64. The van der Waals surface area contributed by atoms with Gasteiger partial charge in [0, 0.05) is 0 Å². The number of nitrogens with zero attached hydrogens (tertiary/aromatic N) is 1. The van der Waals surface area contributed by atoms with E-state index in [1.54, 1.807) is 20.8 Å². The fraction of sp³-hybridized carbons (Fsp3) is 0.640. The molecule has 0 spiro atoms. The molecule has 2 aliphatic rings. The van der Waals surface area contributed by atoms with E-state index in [4.69, 9.17) is 14.2 Å². The van der Waals surface area contributed by atoms with E-state index in [1.165, 1.54) is 0 Å². The van der Waals surface area contributed by atoms with Crippen LogP contribution >= 0.6 is 0 Å². The van der Waals surface area contributed by atoms with Crippen LogP contribution in [-0.4, -0.2) is 46.4 Å². The second-order valence-electron chi connectivity index (χ2n) is 10.5. The summed E-state index contributed by atoms with van der Waals surface area (Å²) < 4.78 is 16.9. The van der Waals surface area contributed by atoms with Crippen LogP contribution in [0.4, 0.5) is 9.59 Å². The van der Waals surface area contributed by atoms with Crippen LogP contribution in [0.3, 0.4) is 0 Å². The third-order valence-electron chi connectivity index (χ3n) is 6.22. The highest BCUT2D eigenvalue weighted by atomic mass is 16.6. The van der Waals surface area contributed by atoms with E-state index in [2.05, 4.69) is 6.92 Å². The molecule has 7 nitrogen and oxygen atoms in total. The topological polar surface area (TPSA) is 82.1 Å². The van der Waals surface area contributed by atoms with Gasteiger partial charge < -0.3 is 14.2 Å². The largest absolute Gasteiger partial charge is 0.458 e. The molecule has 2 amide bonds. The zero-order valence-corrected chi connectivity index (χ0v) is 20.0. The molecule has 1 heterocycles. The summed E-state index contributed by atoms with van der Waals surface area (Å²) in [5, 5.41) is 0. The van der Waals surface area contributed by atoms with Crippen LogP contribution in [0.15, 0.2) is 30.3 Å². The highest BCUT2D eigenvalue weighted by Gasteiger charge is 2.82. The van der Waals surface area contributed by atoms with Crippen LogP contribution in [0, 0.1) is 0 Å². The van der Waals surface area contributed by atoms with E-state index in [-0.39, 0.29) is 13.0 Å². The molecule has 2 atom stereocenters. The predicted molar refractivity (Wildman–Crippen MR) is 119 cm³/mol. The van der Waals surface area contributed by atoms with E-state index in [0.717, 1.165) is 29.7 Å². The zero-order chi connectivity index (χ0) is 23.8. The van der Waals surface area contributed by atoms with Gasteiger partial charge in [-0.2, -0.15) is 4.90 Å². The van der Waals surface area contributed by atoms with Crippen LogP contribution < -0.4 is 0 Å². The van der Waals surface area contributed by atoms with Crippen LogP contribution in [0.5, 0.6) is 0 Å². The second kappa shape index (κ2) is 8.41. The van der Waals surface area contributed by atoms with Crippen molar-refractivity contribution in [3.05, 3.63) is 35.9 Å². The Bertz CT molecular complexity index is 874. The van der Waals surface area contributed by atoms with Crippen molar-refractivity contribution in [3.63, 3.8) is 0 Å². The number of ether oxygens (including phenoxy) is 3. The number of hydrogen-bond donors (Lipinski definition) is 0. The number of hydrogen-bond acceptors (Lipinski definition) is 6. The lowest BCUT2D eigenvalue weighted by Gasteiger charge is -2.39. The number of unbranched alkanes of at least 4 members (excludes halogenated alkanes) is 2. The molecule has 1 saturated heterocycles. The molecule has 1 saturated carbocycles. The maximum Gasteiger partial charge on any atom is 0.420 e. The van der Waals surface area contributed by atoms with Gasteiger partial charge in [0.1, 0.15) is 17.8 Å². The molecule has 2 unspecified atom stereocenters. The minimum absolute atomic E-state index is 0.00123. The van der Waals surface area contributed by atoms with Gasteiger partial charge in [0.25, 0.3) is 0 Å². The van der Waals surface area contributed by atoms with Gasteiger partial charge in [0.05, 0.1) is 5.41 Å². The van der Waals surface area contributed by atoms with E-state index >= 15 is 0 Å². The first-order valence-corrected chi connectivity index (χ1v) is 11.4. The average molecular weight is 446 g/mol. The minimum Gasteiger partial charge on any atom is -0.458 e. The summed E-state index contributed by atoms with van der Waals surface area (Å²) in [6.45, 7) is 11.0. The molecule has 1 aliphatic heterocycles. The van der Waals surface area contributed by atoms with Crippen molar-refractivity contribution in [1.82, 2.24) is 4.90 Å². The lowest BCUT2D eigenvalue weighted by Crippen LogP contribution is -2.61. The molecule has 7 heteroatoms. The van der Waals surface area contributed by atoms with Crippen molar-refractivity contribution < 1.29 is 28.6 Å². The monoisotopic (exact) mass is 445 g/mol. The first-order chi connectivity index (χ1) is 14.9. The normalized spacial score (nSPS) is 24.9. The Balaban J connectivity index is 1.97. The van der Waals surface area contributed by atoms with Crippen molar-refractivity contribution >= 4 is 18.2 Å². The van der Waals surface area contributed by atoms with E-state index in [9.17, 15) is 14.4 Å². The van der Waals surface area contributed by atoms with E-state index < -0.39 is 40.3 Å². The summed E-state index contributed by atoms with van der Waals surface area (Å²) in [4.78, 5) is 40.6. The fourth-order valence-corrected chi connectivity index (χ4v) is 4.53. The SMILES string of the molecule is CCCCCC(C)(C)OC(=O)N1C(=O)OCC2(c3ccccc3)CC12C(=O)OC(C)(C)C. The summed E-state index contributed by atoms with van der Waals surface area (Å²) in [5.41, 5.74) is -3.11. The van der Waals surface area contributed by atoms with Crippen molar-refractivity contribution in [2.45, 2.75) is 95.8 Å². The summed E-state index contributed by atoms with van der Waals surface area (Å²) in [6, 6.07) is 9.35. The fourth-order valence-electron chi connectivity index (χ4n) is 4.53. The molecule has 176 valence electrons. The standard InChI is InChI=1S/C25H35NO6/c1-7-8-12-15-23(5,6)32-21(29)26-20(28)30-17-24(18-13-10-9-11-14-18)16-25(24,26)19(27)31-22(2,3)4/h9-11,13-14H,7-8,12,15-17H2,1-6H3. The molecule has 32 heavy (non-hydrogen) atoms. The van der Waals surface area contributed by atoms with E-state index in [1.807, 2.05) is 44.2 Å². The Labute approximate surface area is 190 Å². The molecular formula is C25H35NO6. The minimum atomic E-state index is -1.49. The Morgan fingerprint density at radius 1 is 1.06 bits per heavy atom. The van der Waals surface area contributed by atoms with Gasteiger partial charge in [-0.15, -0.1) is 0 Å². The molecule has 3 rings (SSSR count). The molecule has 0 bridgehead atoms. The van der Waals surface area contributed by atoms with E-state index in [0.29, 0.717) is 6.42 Å². The van der Waals surface area contributed by atoms with Crippen LogP contribution in [0.25, 0.3) is 0 Å². The number of benzene rings is 1. The van der Waals surface area contributed by atoms with Gasteiger partial charge in [-0.1, -0.05) is 50.1 Å². The summed E-state index contributed by atoms with van der Waals surface area (Å²) in [5.74, 6) is -0.619. The maximum atomic E-state index is 13.5. The van der Waals surface area contributed by atoms with Crippen molar-refractivity contribution in [3.8, 4) is 0 Å². The number of fused-ring (bicyclic) bond motifs is 1. The number of esters is 1. The number of carbonyl (C=O) groups excluding carboxylic acids is 3. The maximum absolute atomic E-state index is 13.5. The summed E-state index contributed by atoms with van der Waals surface area (Å²) in [6.07, 6.45) is 2.09. The van der Waals surface area contributed by atoms with Gasteiger partial charge in [-0.25, -0.2) is 14.4 Å². The summed E-state index contributed by atoms with van der Waals surface area (Å²) in [7, 11) is 0. The third kappa shape index (κ3) is 4.34. The number of amides is 2. The zero-order valence-electron chi connectivity index (χ0n) is 20.0. The van der Waals surface area contributed by atoms with Gasteiger partial charge in [-0.05, 0) is 59.4 Å². The smallest absolute Gasteiger partial charge is 0.420 e. The van der Waals surface area contributed by atoms with Crippen molar-refractivity contribution in [2.24, 2.45) is 0 Å². The molecular weight excluding hydrogens is 410 g/mol. The second-order valence-corrected chi connectivity index (χ2v) is 10.5. The quantitative estimate of drug-likeness (QED) is 0.319. The molecule has 0 radical (unpaired) electrons. The first-order valence-electron chi connectivity index (χ1n) is 11.4. The predicted octanol–water partition coefficient (Wildman–Crippen LogP) is 5.36. The van der Waals surface area contributed by atoms with Gasteiger partial charge in [0.15, 0.2) is 5.54 Å². The summed E-state index contributed by atoms with van der Waals surface area (Å²) >= 11 is 0. The molecule has 0 aromatic heterocycles.